The minimum absolute atomic E-state index is 0.0711. The molecule has 0 saturated heterocycles. The van der Waals surface area contributed by atoms with Gasteiger partial charge >= 0.3 is 6.03 Å². The number of para-hydroxylation sites is 1. The summed E-state index contributed by atoms with van der Waals surface area (Å²) in [7, 11) is -2.70. The van der Waals surface area contributed by atoms with Gasteiger partial charge in [0.2, 0.25) is 5.90 Å². The minimum Gasteiger partial charge on any atom is -0.480 e. The predicted octanol–water partition coefficient (Wildman–Crippen LogP) is 1.19. The van der Waals surface area contributed by atoms with Crippen molar-refractivity contribution in [2.45, 2.75) is 18.7 Å². The third-order valence-corrected chi connectivity index (χ3v) is 5.54. The Hall–Kier alpha value is -2.86. The summed E-state index contributed by atoms with van der Waals surface area (Å²) in [4.78, 5) is 16.3. The number of nitrogens with zero attached hydrogens (tertiary/aromatic N) is 3. The highest BCUT2D eigenvalue weighted by Gasteiger charge is 2.23. The van der Waals surface area contributed by atoms with Crippen molar-refractivity contribution in [2.75, 3.05) is 7.11 Å². The molecule has 10 nitrogen and oxygen atoms in total. The topological polar surface area (TPSA) is 125 Å². The molecule has 3 N–H and O–H groups in total. The number of amides is 2. The Bertz CT molecular complexity index is 1030. The molecule has 138 valence electrons. The second-order valence-corrected chi connectivity index (χ2v) is 8.16. The number of hydrogen-bond acceptors (Lipinski definition) is 9. The molecule has 2 heterocycles. The summed E-state index contributed by atoms with van der Waals surface area (Å²) >= 11 is 1.37. The summed E-state index contributed by atoms with van der Waals surface area (Å²) in [6, 6.07) is 3.77. The average Bonchev–Trinajstić information content (AvgIpc) is 2.93. The molecule has 1 aromatic carbocycles. The standard InChI is InChI=1S/C14H16N6O4S2/c1-8-7-12(24-3)17-20(16-8)18-14(21)19-26(22,23)11-6-4-5-10-13(11)15-9(2)25-10/h4-7,16H,1-3H3,(H2,18,19,21). The molecule has 1 aliphatic rings. The maximum Gasteiger partial charge on any atom is 0.350 e. The number of fused-ring (bicyclic) bond motifs is 1. The summed E-state index contributed by atoms with van der Waals surface area (Å²) in [5.41, 5.74) is 5.94. The van der Waals surface area contributed by atoms with Crippen molar-refractivity contribution >= 4 is 43.5 Å². The van der Waals surface area contributed by atoms with Crippen LogP contribution in [0.3, 0.4) is 0 Å². The van der Waals surface area contributed by atoms with Gasteiger partial charge in [0.1, 0.15) is 10.4 Å². The molecule has 0 atom stereocenters. The van der Waals surface area contributed by atoms with Gasteiger partial charge in [-0.25, -0.2) is 28.3 Å². The number of hydrogen-bond donors (Lipinski definition) is 3. The fourth-order valence-corrected chi connectivity index (χ4v) is 4.22. The highest BCUT2D eigenvalue weighted by molar-refractivity contribution is 7.90. The molecule has 0 aliphatic carbocycles. The van der Waals surface area contributed by atoms with Gasteiger partial charge in [-0.15, -0.1) is 16.6 Å². The Labute approximate surface area is 153 Å². The van der Waals surface area contributed by atoms with Crippen LogP contribution in [0, 0.1) is 6.92 Å². The molecule has 1 aliphatic heterocycles. The van der Waals surface area contributed by atoms with E-state index in [9.17, 15) is 13.2 Å². The van der Waals surface area contributed by atoms with Gasteiger partial charge in [0.15, 0.2) is 0 Å². The van der Waals surface area contributed by atoms with Crippen LogP contribution in [-0.4, -0.2) is 37.7 Å². The van der Waals surface area contributed by atoms with Crippen molar-refractivity contribution < 1.29 is 17.9 Å². The molecular formula is C14H16N6O4S2. The quantitative estimate of drug-likeness (QED) is 0.712. The zero-order chi connectivity index (χ0) is 18.9. The summed E-state index contributed by atoms with van der Waals surface area (Å²) < 4.78 is 32.8. The number of carbonyl (C=O) groups is 1. The Balaban J connectivity index is 1.78. The number of ether oxygens (including phenoxy) is 1. The Morgan fingerprint density at radius 3 is 2.85 bits per heavy atom. The lowest BCUT2D eigenvalue weighted by atomic mass is 10.3. The molecule has 12 heteroatoms. The number of allylic oxidation sites excluding steroid dienone is 1. The maximum absolute atomic E-state index is 12.6. The van der Waals surface area contributed by atoms with Gasteiger partial charge in [0.05, 0.1) is 16.8 Å². The van der Waals surface area contributed by atoms with E-state index in [-0.39, 0.29) is 10.8 Å². The second kappa shape index (κ2) is 6.80. The second-order valence-electron chi connectivity index (χ2n) is 5.28. The molecule has 2 aromatic rings. The smallest absolute Gasteiger partial charge is 0.350 e. The molecule has 0 bridgehead atoms. The summed E-state index contributed by atoms with van der Waals surface area (Å²) in [6.07, 6.45) is 1.61. The number of rotatable bonds is 3. The van der Waals surface area contributed by atoms with Gasteiger partial charge in [-0.3, -0.25) is 5.43 Å². The number of hydrazine groups is 2. The third-order valence-electron chi connectivity index (χ3n) is 3.24. The van der Waals surface area contributed by atoms with Crippen molar-refractivity contribution in [2.24, 2.45) is 5.10 Å². The van der Waals surface area contributed by atoms with Gasteiger partial charge in [0, 0.05) is 11.8 Å². The van der Waals surface area contributed by atoms with Crippen molar-refractivity contribution in [1.29, 1.82) is 0 Å². The van der Waals surface area contributed by atoms with Gasteiger partial charge in [-0.05, 0) is 26.0 Å². The summed E-state index contributed by atoms with van der Waals surface area (Å²) in [5.74, 6) is 0.243. The van der Waals surface area contributed by atoms with Gasteiger partial charge in [-0.2, -0.15) is 0 Å². The van der Waals surface area contributed by atoms with Gasteiger partial charge in [-0.1, -0.05) is 11.2 Å². The average molecular weight is 396 g/mol. The zero-order valence-corrected chi connectivity index (χ0v) is 15.7. The molecule has 0 saturated carbocycles. The first-order chi connectivity index (χ1) is 12.3. The molecule has 1 aromatic heterocycles. The van der Waals surface area contributed by atoms with Crippen LogP contribution in [0.15, 0.2) is 40.0 Å². The largest absolute Gasteiger partial charge is 0.480 e. The fourth-order valence-electron chi connectivity index (χ4n) is 2.24. The van der Waals surface area contributed by atoms with Crippen LogP contribution in [0.2, 0.25) is 0 Å². The first kappa shape index (κ1) is 17.9. The minimum atomic E-state index is -4.12. The summed E-state index contributed by atoms with van der Waals surface area (Å²) in [6.45, 7) is 3.51. The number of nitrogens with one attached hydrogen (secondary N) is 3. The normalized spacial score (nSPS) is 14.3. The third kappa shape index (κ3) is 3.70. The number of aryl methyl sites for hydroxylation is 1. The molecule has 0 unspecified atom stereocenters. The highest BCUT2D eigenvalue weighted by Crippen LogP contribution is 2.27. The van der Waals surface area contributed by atoms with E-state index >= 15 is 0 Å². The first-order valence-corrected chi connectivity index (χ1v) is 9.66. The van der Waals surface area contributed by atoms with Crippen LogP contribution in [0.1, 0.15) is 11.9 Å². The number of thiazole rings is 1. The van der Waals surface area contributed by atoms with Crippen LogP contribution in [-0.2, 0) is 14.8 Å². The van der Waals surface area contributed by atoms with E-state index in [1.165, 1.54) is 24.5 Å². The van der Waals surface area contributed by atoms with E-state index in [1.54, 1.807) is 32.1 Å². The molecule has 0 radical (unpaired) electrons. The van der Waals surface area contributed by atoms with Crippen LogP contribution < -0.4 is 15.6 Å². The highest BCUT2D eigenvalue weighted by atomic mass is 32.2. The number of hydrazone groups is 1. The van der Waals surface area contributed by atoms with Gasteiger partial charge < -0.3 is 4.74 Å². The van der Waals surface area contributed by atoms with E-state index < -0.39 is 16.1 Å². The van der Waals surface area contributed by atoms with Crippen molar-refractivity contribution in [1.82, 2.24) is 25.8 Å². The number of methoxy groups -OCH3 is 1. The molecule has 2 amide bonds. The van der Waals surface area contributed by atoms with Gasteiger partial charge in [0.25, 0.3) is 10.0 Å². The first-order valence-electron chi connectivity index (χ1n) is 7.36. The van der Waals surface area contributed by atoms with Crippen molar-refractivity contribution in [3.05, 3.63) is 35.0 Å². The van der Waals surface area contributed by atoms with Crippen LogP contribution >= 0.6 is 11.3 Å². The number of urea groups is 1. The lowest BCUT2D eigenvalue weighted by molar-refractivity contribution is 0.138. The molecule has 0 spiro atoms. The van der Waals surface area contributed by atoms with E-state index in [1.807, 2.05) is 4.72 Å². The Kier molecular flexibility index (Phi) is 4.70. The van der Waals surface area contributed by atoms with E-state index in [4.69, 9.17) is 4.74 Å². The number of sulfonamides is 1. The number of benzene rings is 1. The fraction of sp³-hybridized carbons (Fsp3) is 0.214. The van der Waals surface area contributed by atoms with Crippen molar-refractivity contribution in [3.63, 3.8) is 0 Å². The van der Waals surface area contributed by atoms with Crippen LogP contribution in [0.25, 0.3) is 10.2 Å². The van der Waals surface area contributed by atoms with Crippen molar-refractivity contribution in [3.8, 4) is 0 Å². The Morgan fingerprint density at radius 1 is 1.35 bits per heavy atom. The van der Waals surface area contributed by atoms with Crippen LogP contribution in [0.4, 0.5) is 4.79 Å². The zero-order valence-electron chi connectivity index (χ0n) is 14.1. The molecule has 0 fully saturated rings. The number of aromatic nitrogens is 1. The Morgan fingerprint density at radius 2 is 2.12 bits per heavy atom. The monoisotopic (exact) mass is 396 g/mol. The number of carbonyl (C=O) groups excluding carboxylic acids is 1. The summed E-state index contributed by atoms with van der Waals surface area (Å²) in [5, 5.41) is 5.59. The lowest BCUT2D eigenvalue weighted by Gasteiger charge is -2.24. The lowest BCUT2D eigenvalue weighted by Crippen LogP contribution is -2.53. The van der Waals surface area contributed by atoms with E-state index in [0.29, 0.717) is 11.2 Å². The predicted molar refractivity (Wildman–Crippen MR) is 96.4 cm³/mol. The SMILES string of the molecule is COC1=NN(NC(=O)NS(=O)(=O)c2cccc3sc(C)nc23)NC(C)=C1. The molecule has 26 heavy (non-hydrogen) atoms. The molecule has 3 rings (SSSR count). The maximum atomic E-state index is 12.6. The van der Waals surface area contributed by atoms with E-state index in [0.717, 1.165) is 14.9 Å². The molecular weight excluding hydrogens is 380 g/mol. The van der Waals surface area contributed by atoms with Crippen LogP contribution in [0.5, 0.6) is 0 Å². The van der Waals surface area contributed by atoms with E-state index in [2.05, 4.69) is 20.9 Å².